The van der Waals surface area contributed by atoms with Crippen LogP contribution in [0.4, 0.5) is 4.79 Å². The van der Waals surface area contributed by atoms with E-state index in [4.69, 9.17) is 0 Å². The Morgan fingerprint density at radius 2 is 1.61 bits per heavy atom. The molecule has 0 bridgehead atoms. The largest absolute Gasteiger partial charge is 0.328 e. The number of carbonyl (C=O) groups excluding carboxylic acids is 1. The van der Waals surface area contributed by atoms with Gasteiger partial charge in [0.15, 0.2) is 0 Å². The van der Waals surface area contributed by atoms with Gasteiger partial charge in [0, 0.05) is 24.7 Å². The van der Waals surface area contributed by atoms with E-state index in [0.29, 0.717) is 16.9 Å². The molecule has 140 valence electrons. The zero-order valence-electron chi connectivity index (χ0n) is 15.4. The normalized spacial score (nSPS) is 14.6. The van der Waals surface area contributed by atoms with Crippen LogP contribution in [-0.2, 0) is 0 Å². The zero-order valence-corrected chi connectivity index (χ0v) is 15.4. The summed E-state index contributed by atoms with van der Waals surface area (Å²) in [6, 6.07) is 16.9. The maximum absolute atomic E-state index is 13.2. The highest BCUT2D eigenvalue weighted by Crippen LogP contribution is 2.28. The van der Waals surface area contributed by atoms with Crippen LogP contribution in [0.25, 0.3) is 27.8 Å². The molecule has 3 heterocycles. The van der Waals surface area contributed by atoms with E-state index in [1.54, 1.807) is 10.8 Å². The Balaban J connectivity index is 1.75. The van der Waals surface area contributed by atoms with Gasteiger partial charge in [-0.3, -0.25) is 9.36 Å². The van der Waals surface area contributed by atoms with Crippen molar-refractivity contribution in [3.63, 3.8) is 0 Å². The van der Waals surface area contributed by atoms with Crippen molar-refractivity contribution in [1.82, 2.24) is 19.2 Å². The third-order valence-corrected chi connectivity index (χ3v) is 5.39. The van der Waals surface area contributed by atoms with Crippen LogP contribution in [0.3, 0.4) is 0 Å². The van der Waals surface area contributed by atoms with Crippen LogP contribution in [0.5, 0.6) is 0 Å². The summed E-state index contributed by atoms with van der Waals surface area (Å²) in [6.07, 6.45) is 4.85. The van der Waals surface area contributed by atoms with Crippen molar-refractivity contribution in [1.29, 1.82) is 0 Å². The highest BCUT2D eigenvalue weighted by molar-refractivity contribution is 5.99. The van der Waals surface area contributed by atoms with E-state index in [0.717, 1.165) is 43.3 Å². The number of likely N-dealkylation sites (tertiary alicyclic amines) is 1. The summed E-state index contributed by atoms with van der Waals surface area (Å²) in [7, 11) is 0. The number of hydrogen-bond acceptors (Lipinski definition) is 3. The van der Waals surface area contributed by atoms with Crippen LogP contribution >= 0.6 is 0 Å². The predicted octanol–water partition coefficient (Wildman–Crippen LogP) is 3.75. The zero-order chi connectivity index (χ0) is 19.1. The van der Waals surface area contributed by atoms with E-state index < -0.39 is 0 Å². The number of benzene rings is 2. The number of piperidine rings is 1. The van der Waals surface area contributed by atoms with Gasteiger partial charge in [0.1, 0.15) is 5.69 Å². The summed E-state index contributed by atoms with van der Waals surface area (Å²) in [6.45, 7) is 1.51. The number of pyridine rings is 1. The first-order chi connectivity index (χ1) is 13.7. The molecule has 28 heavy (non-hydrogen) atoms. The molecule has 3 aliphatic heterocycles. The van der Waals surface area contributed by atoms with Crippen LogP contribution in [-0.4, -0.2) is 38.4 Å². The first-order valence-electron chi connectivity index (χ1n) is 9.62. The fourth-order valence-electron chi connectivity index (χ4n) is 3.95. The number of nitrogens with zero attached hydrogens (tertiary/aromatic N) is 4. The first-order valence-corrected chi connectivity index (χ1v) is 9.62. The smallest absolute Gasteiger partial charge is 0.324 e. The standard InChI is InChI=1S/C22H20N4O2/c27-21-18-15-25(22(28)24-13-7-2-8-14-24)19-12-6-5-11-17(19)20(18)23-26(21)16-9-3-1-4-10-16/h1,3-6,9-12,15H,2,7-8,13-14H2. The van der Waals surface area contributed by atoms with Gasteiger partial charge in [-0.15, -0.1) is 0 Å². The Kier molecular flexibility index (Phi) is 3.97. The van der Waals surface area contributed by atoms with Crippen LogP contribution in [0, 0.1) is 0 Å². The minimum Gasteiger partial charge on any atom is -0.324 e. The van der Waals surface area contributed by atoms with Crippen molar-refractivity contribution in [3.8, 4) is 16.9 Å². The van der Waals surface area contributed by atoms with Gasteiger partial charge in [0.05, 0.1) is 16.8 Å². The Morgan fingerprint density at radius 3 is 2.39 bits per heavy atom. The van der Waals surface area contributed by atoms with E-state index in [1.807, 2.05) is 59.5 Å². The third-order valence-electron chi connectivity index (χ3n) is 5.39. The fourth-order valence-corrected chi connectivity index (χ4v) is 3.95. The molecule has 2 aromatic rings. The Bertz CT molecular complexity index is 1190. The van der Waals surface area contributed by atoms with Crippen molar-refractivity contribution in [2.24, 2.45) is 0 Å². The molecule has 0 aromatic heterocycles. The highest BCUT2D eigenvalue weighted by atomic mass is 16.2. The van der Waals surface area contributed by atoms with Crippen molar-refractivity contribution in [3.05, 3.63) is 71.1 Å². The van der Waals surface area contributed by atoms with E-state index in [9.17, 15) is 9.59 Å². The summed E-state index contributed by atoms with van der Waals surface area (Å²) in [5.74, 6) is 0. The second-order valence-corrected chi connectivity index (χ2v) is 7.16. The lowest BCUT2D eigenvalue weighted by molar-refractivity contribution is 0.189. The monoisotopic (exact) mass is 372 g/mol. The van der Waals surface area contributed by atoms with E-state index in [2.05, 4.69) is 5.10 Å². The van der Waals surface area contributed by atoms with Crippen molar-refractivity contribution in [2.45, 2.75) is 19.3 Å². The number of rotatable bonds is 1. The Hall–Kier alpha value is -3.41. The molecule has 1 fully saturated rings. The van der Waals surface area contributed by atoms with Gasteiger partial charge < -0.3 is 4.90 Å². The molecule has 0 aliphatic carbocycles. The maximum atomic E-state index is 13.2. The van der Waals surface area contributed by atoms with Gasteiger partial charge in [-0.1, -0.05) is 36.4 Å². The minimum atomic E-state index is -0.216. The summed E-state index contributed by atoms with van der Waals surface area (Å²) >= 11 is 0. The van der Waals surface area contributed by atoms with Gasteiger partial charge in [-0.25, -0.2) is 4.79 Å². The highest BCUT2D eigenvalue weighted by Gasteiger charge is 2.25. The molecule has 0 atom stereocenters. The number of carbonyl (C=O) groups is 1. The molecule has 3 aliphatic rings. The fraction of sp³-hybridized carbons (Fsp3) is 0.227. The molecule has 0 saturated carbocycles. The lowest BCUT2D eigenvalue weighted by Crippen LogP contribution is -2.38. The van der Waals surface area contributed by atoms with Crippen LogP contribution in [0.15, 0.2) is 65.6 Å². The number of fused-ring (bicyclic) bond motifs is 3. The van der Waals surface area contributed by atoms with Gasteiger partial charge in [-0.2, -0.15) is 9.78 Å². The second kappa shape index (κ2) is 6.64. The summed E-state index contributed by atoms with van der Waals surface area (Å²) in [5.41, 5.74) is 2.33. The van der Waals surface area contributed by atoms with Crippen LogP contribution in [0.1, 0.15) is 19.3 Å². The number of amides is 1. The van der Waals surface area contributed by atoms with Crippen molar-refractivity contribution in [2.75, 3.05) is 13.1 Å². The predicted molar refractivity (Wildman–Crippen MR) is 108 cm³/mol. The molecular formula is C22H20N4O2. The van der Waals surface area contributed by atoms with Gasteiger partial charge >= 0.3 is 6.03 Å². The lowest BCUT2D eigenvalue weighted by atomic mass is 10.1. The minimum absolute atomic E-state index is 0.0790. The van der Waals surface area contributed by atoms with E-state index in [-0.39, 0.29) is 11.6 Å². The Morgan fingerprint density at radius 1 is 0.893 bits per heavy atom. The molecule has 5 rings (SSSR count). The van der Waals surface area contributed by atoms with E-state index >= 15 is 0 Å². The molecule has 2 aromatic carbocycles. The number of aromatic nitrogens is 3. The number of para-hydroxylation sites is 2. The molecule has 0 unspecified atom stereocenters. The second-order valence-electron chi connectivity index (χ2n) is 7.16. The third kappa shape index (κ3) is 2.60. The molecule has 1 saturated heterocycles. The maximum Gasteiger partial charge on any atom is 0.328 e. The van der Waals surface area contributed by atoms with Crippen LogP contribution < -0.4 is 5.56 Å². The first kappa shape index (κ1) is 16.7. The molecule has 6 nitrogen and oxygen atoms in total. The van der Waals surface area contributed by atoms with Gasteiger partial charge in [0.25, 0.3) is 5.56 Å². The molecular weight excluding hydrogens is 352 g/mol. The van der Waals surface area contributed by atoms with Gasteiger partial charge in [-0.05, 0) is 37.5 Å². The molecule has 0 N–H and O–H groups in total. The van der Waals surface area contributed by atoms with Crippen molar-refractivity contribution < 1.29 is 4.79 Å². The van der Waals surface area contributed by atoms with E-state index in [1.165, 1.54) is 4.68 Å². The lowest BCUT2D eigenvalue weighted by Gasteiger charge is -2.28. The molecule has 1 amide bonds. The molecule has 0 radical (unpaired) electrons. The summed E-state index contributed by atoms with van der Waals surface area (Å²) in [5, 5.41) is 5.39. The van der Waals surface area contributed by atoms with Crippen molar-refractivity contribution >= 4 is 16.9 Å². The summed E-state index contributed by atoms with van der Waals surface area (Å²) < 4.78 is 3.02. The topological polar surface area (TPSA) is 60.1 Å². The van der Waals surface area contributed by atoms with Crippen LogP contribution in [0.2, 0.25) is 0 Å². The molecule has 6 heteroatoms. The Labute approximate surface area is 162 Å². The van der Waals surface area contributed by atoms with Gasteiger partial charge in [0.2, 0.25) is 0 Å². The quantitative estimate of drug-likeness (QED) is 0.511. The number of hydrogen-bond donors (Lipinski definition) is 0. The average molecular weight is 372 g/mol. The average Bonchev–Trinajstić information content (AvgIpc) is 3.10. The SMILES string of the molecule is O=C(N1CCCCC1)n1cc2c(=O)n(-c3ccccc3)nc-2c2ccccc21. The molecule has 0 spiro atoms. The summed E-state index contributed by atoms with van der Waals surface area (Å²) in [4.78, 5) is 28.2.